The van der Waals surface area contributed by atoms with Gasteiger partial charge in [0.15, 0.2) is 5.96 Å². The molecule has 3 rings (SSSR count). The first-order valence-corrected chi connectivity index (χ1v) is 10.8. The number of aliphatic imine (C=N–C) groups is 1. The molecule has 0 radical (unpaired) electrons. The molecule has 4 nitrogen and oxygen atoms in total. The lowest BCUT2D eigenvalue weighted by atomic mass is 9.80. The third-order valence-electron chi connectivity index (χ3n) is 5.97. The van der Waals surface area contributed by atoms with E-state index in [1.165, 1.54) is 82.4 Å². The molecule has 1 heterocycles. The minimum absolute atomic E-state index is 0.368. The molecule has 23 heavy (non-hydrogen) atoms. The standard InChI is InChI=1S/C18H34N4S/c1-19-17(21-16-7-3-4-8-16)20-15-18(9-5-2-6-10-18)22-11-13-23-14-12-22/h16H,2-15H2,1H3,(H2,19,20,21). The van der Waals surface area contributed by atoms with Gasteiger partial charge in [-0.25, -0.2) is 0 Å². The molecule has 0 aromatic rings. The van der Waals surface area contributed by atoms with Crippen molar-refractivity contribution < 1.29 is 0 Å². The molecule has 2 aliphatic carbocycles. The summed E-state index contributed by atoms with van der Waals surface area (Å²) < 4.78 is 0. The molecular weight excluding hydrogens is 304 g/mol. The second-order valence-electron chi connectivity index (χ2n) is 7.44. The fourth-order valence-corrected chi connectivity index (χ4v) is 5.46. The Kier molecular flexibility index (Phi) is 6.52. The zero-order valence-corrected chi connectivity index (χ0v) is 15.6. The minimum atomic E-state index is 0.368. The van der Waals surface area contributed by atoms with Crippen LogP contribution in [0.1, 0.15) is 57.8 Å². The van der Waals surface area contributed by atoms with E-state index in [0.29, 0.717) is 11.6 Å². The third kappa shape index (κ3) is 4.56. The Balaban J connectivity index is 1.58. The van der Waals surface area contributed by atoms with Crippen molar-refractivity contribution in [3.05, 3.63) is 0 Å². The highest BCUT2D eigenvalue weighted by molar-refractivity contribution is 7.99. The number of nitrogens with one attached hydrogen (secondary N) is 2. The Morgan fingerprint density at radius 2 is 1.78 bits per heavy atom. The molecule has 0 unspecified atom stereocenters. The fourth-order valence-electron chi connectivity index (χ4n) is 4.56. The number of hydrogen-bond donors (Lipinski definition) is 2. The van der Waals surface area contributed by atoms with Crippen LogP contribution in [0.2, 0.25) is 0 Å². The Labute approximate surface area is 146 Å². The Bertz CT molecular complexity index is 380. The van der Waals surface area contributed by atoms with Crippen LogP contribution in [0, 0.1) is 0 Å². The highest BCUT2D eigenvalue weighted by Gasteiger charge is 2.38. The Hall–Kier alpha value is -0.420. The van der Waals surface area contributed by atoms with Crippen molar-refractivity contribution in [3.8, 4) is 0 Å². The fraction of sp³-hybridized carbons (Fsp3) is 0.944. The molecule has 0 atom stereocenters. The quantitative estimate of drug-likeness (QED) is 0.611. The monoisotopic (exact) mass is 338 g/mol. The number of hydrogen-bond acceptors (Lipinski definition) is 3. The predicted octanol–water partition coefficient (Wildman–Crippen LogP) is 2.85. The van der Waals surface area contributed by atoms with Gasteiger partial charge in [-0.05, 0) is 25.7 Å². The molecule has 2 saturated carbocycles. The van der Waals surface area contributed by atoms with E-state index in [-0.39, 0.29) is 0 Å². The molecule has 5 heteroatoms. The molecule has 0 spiro atoms. The van der Waals surface area contributed by atoms with Crippen molar-refractivity contribution in [2.75, 3.05) is 38.2 Å². The third-order valence-corrected chi connectivity index (χ3v) is 6.91. The van der Waals surface area contributed by atoms with Gasteiger partial charge in [0.1, 0.15) is 0 Å². The number of thioether (sulfide) groups is 1. The molecule has 0 bridgehead atoms. The Morgan fingerprint density at radius 3 is 2.43 bits per heavy atom. The van der Waals surface area contributed by atoms with E-state index >= 15 is 0 Å². The van der Waals surface area contributed by atoms with Gasteiger partial charge in [0.05, 0.1) is 0 Å². The largest absolute Gasteiger partial charge is 0.355 e. The summed E-state index contributed by atoms with van der Waals surface area (Å²) >= 11 is 2.11. The SMILES string of the molecule is CN=C(NCC1(N2CCSCC2)CCCCC1)NC1CCCC1. The van der Waals surface area contributed by atoms with E-state index < -0.39 is 0 Å². The molecule has 0 aromatic carbocycles. The zero-order chi connectivity index (χ0) is 16.0. The first-order chi connectivity index (χ1) is 11.3. The van der Waals surface area contributed by atoms with Gasteiger partial charge in [-0.1, -0.05) is 32.1 Å². The number of guanidine groups is 1. The van der Waals surface area contributed by atoms with E-state index in [1.807, 2.05) is 7.05 Å². The van der Waals surface area contributed by atoms with Crippen molar-refractivity contribution in [3.63, 3.8) is 0 Å². The summed E-state index contributed by atoms with van der Waals surface area (Å²) in [6, 6.07) is 0.634. The maximum Gasteiger partial charge on any atom is 0.191 e. The average molecular weight is 339 g/mol. The molecule has 3 fully saturated rings. The predicted molar refractivity (Wildman–Crippen MR) is 101 cm³/mol. The van der Waals surface area contributed by atoms with Gasteiger partial charge in [-0.2, -0.15) is 11.8 Å². The van der Waals surface area contributed by atoms with Crippen LogP contribution in [0.15, 0.2) is 4.99 Å². The molecule has 132 valence electrons. The topological polar surface area (TPSA) is 39.7 Å². The first kappa shape index (κ1) is 17.4. The molecule has 0 aromatic heterocycles. The van der Waals surface area contributed by atoms with Crippen molar-refractivity contribution >= 4 is 17.7 Å². The molecule has 1 aliphatic heterocycles. The van der Waals surface area contributed by atoms with Gasteiger partial charge in [0, 0.05) is 49.8 Å². The Morgan fingerprint density at radius 1 is 1.09 bits per heavy atom. The van der Waals surface area contributed by atoms with Crippen LogP contribution in [0.5, 0.6) is 0 Å². The lowest BCUT2D eigenvalue weighted by molar-refractivity contribution is 0.0625. The summed E-state index contributed by atoms with van der Waals surface area (Å²) in [5.41, 5.74) is 0.368. The summed E-state index contributed by atoms with van der Waals surface area (Å²) in [6.07, 6.45) is 12.2. The van der Waals surface area contributed by atoms with Crippen molar-refractivity contribution in [1.82, 2.24) is 15.5 Å². The van der Waals surface area contributed by atoms with Crippen LogP contribution in [0.25, 0.3) is 0 Å². The van der Waals surface area contributed by atoms with E-state index in [1.54, 1.807) is 0 Å². The highest BCUT2D eigenvalue weighted by Crippen LogP contribution is 2.34. The van der Waals surface area contributed by atoms with Crippen LogP contribution < -0.4 is 10.6 Å². The summed E-state index contributed by atoms with van der Waals surface area (Å²) in [5.74, 6) is 3.63. The van der Waals surface area contributed by atoms with Crippen molar-refractivity contribution in [1.29, 1.82) is 0 Å². The second kappa shape index (κ2) is 8.61. The maximum absolute atomic E-state index is 4.48. The van der Waals surface area contributed by atoms with Gasteiger partial charge < -0.3 is 10.6 Å². The van der Waals surface area contributed by atoms with Crippen LogP contribution in [-0.2, 0) is 0 Å². The number of rotatable bonds is 4. The number of nitrogens with zero attached hydrogens (tertiary/aromatic N) is 2. The van der Waals surface area contributed by atoms with Crippen LogP contribution >= 0.6 is 11.8 Å². The van der Waals surface area contributed by atoms with Gasteiger partial charge in [0.25, 0.3) is 0 Å². The molecule has 1 saturated heterocycles. The summed E-state index contributed by atoms with van der Waals surface area (Å²) in [7, 11) is 1.91. The lowest BCUT2D eigenvalue weighted by Crippen LogP contribution is -2.60. The smallest absolute Gasteiger partial charge is 0.191 e. The summed E-state index contributed by atoms with van der Waals surface area (Å²) in [5, 5.41) is 7.34. The molecule has 0 amide bonds. The van der Waals surface area contributed by atoms with Crippen molar-refractivity contribution in [2.24, 2.45) is 4.99 Å². The van der Waals surface area contributed by atoms with Gasteiger partial charge in [-0.15, -0.1) is 0 Å². The normalized spacial score (nSPS) is 27.1. The minimum Gasteiger partial charge on any atom is -0.355 e. The van der Waals surface area contributed by atoms with E-state index in [0.717, 1.165) is 12.5 Å². The average Bonchev–Trinajstić information content (AvgIpc) is 3.13. The van der Waals surface area contributed by atoms with Gasteiger partial charge >= 0.3 is 0 Å². The van der Waals surface area contributed by atoms with Gasteiger partial charge in [-0.3, -0.25) is 9.89 Å². The maximum atomic E-state index is 4.48. The van der Waals surface area contributed by atoms with Crippen molar-refractivity contribution in [2.45, 2.75) is 69.4 Å². The molecular formula is C18H34N4S. The summed E-state index contributed by atoms with van der Waals surface area (Å²) in [6.45, 7) is 3.59. The lowest BCUT2D eigenvalue weighted by Gasteiger charge is -2.48. The summed E-state index contributed by atoms with van der Waals surface area (Å²) in [4.78, 5) is 7.27. The van der Waals surface area contributed by atoms with Crippen LogP contribution in [0.3, 0.4) is 0 Å². The van der Waals surface area contributed by atoms with E-state index in [2.05, 4.69) is 32.3 Å². The zero-order valence-electron chi connectivity index (χ0n) is 14.8. The first-order valence-electron chi connectivity index (χ1n) is 9.62. The van der Waals surface area contributed by atoms with Gasteiger partial charge in [0.2, 0.25) is 0 Å². The van der Waals surface area contributed by atoms with Crippen LogP contribution in [-0.4, -0.2) is 60.6 Å². The van der Waals surface area contributed by atoms with Crippen LogP contribution in [0.4, 0.5) is 0 Å². The van der Waals surface area contributed by atoms with E-state index in [4.69, 9.17) is 0 Å². The highest BCUT2D eigenvalue weighted by atomic mass is 32.2. The molecule has 2 N–H and O–H groups in total. The second-order valence-corrected chi connectivity index (χ2v) is 8.66. The molecule has 3 aliphatic rings. The van der Waals surface area contributed by atoms with E-state index in [9.17, 15) is 0 Å².